The number of rotatable bonds is 7. The number of carbonyl (C=O) groups excluding carboxylic acids is 4. The first-order chi connectivity index (χ1) is 13.5. The van der Waals surface area contributed by atoms with Crippen LogP contribution in [-0.4, -0.2) is 43.6 Å². The van der Waals surface area contributed by atoms with Crippen molar-refractivity contribution in [2.75, 3.05) is 19.8 Å². The molecular weight excluding hydrogens is 364 g/mol. The van der Waals surface area contributed by atoms with Crippen molar-refractivity contribution in [3.05, 3.63) is 60.2 Å². The summed E-state index contributed by atoms with van der Waals surface area (Å²) >= 11 is 0. The number of hydrogen-bond donors (Lipinski definition) is 2. The molecule has 0 aliphatic carbocycles. The molecule has 3 amide bonds. The van der Waals surface area contributed by atoms with E-state index in [9.17, 15) is 19.2 Å². The van der Waals surface area contributed by atoms with Crippen molar-refractivity contribution in [1.82, 2.24) is 10.6 Å². The molecule has 8 nitrogen and oxygen atoms in total. The van der Waals surface area contributed by atoms with Crippen molar-refractivity contribution in [1.29, 1.82) is 0 Å². The van der Waals surface area contributed by atoms with Crippen LogP contribution in [0.5, 0.6) is 0 Å². The van der Waals surface area contributed by atoms with Gasteiger partial charge in [-0.1, -0.05) is 42.5 Å². The van der Waals surface area contributed by atoms with Crippen LogP contribution in [0.2, 0.25) is 0 Å². The third kappa shape index (κ3) is 6.56. The maximum absolute atomic E-state index is 12.1. The summed E-state index contributed by atoms with van der Waals surface area (Å²) < 4.78 is 9.19. The van der Waals surface area contributed by atoms with Crippen LogP contribution in [0.4, 0.5) is 4.79 Å². The van der Waals surface area contributed by atoms with Crippen molar-refractivity contribution >= 4 is 23.9 Å². The van der Waals surface area contributed by atoms with Crippen LogP contribution in [0.25, 0.3) is 11.1 Å². The number of ether oxygens (including phenoxy) is 2. The van der Waals surface area contributed by atoms with E-state index in [1.54, 1.807) is 19.1 Å². The highest BCUT2D eigenvalue weighted by atomic mass is 16.6. The predicted molar refractivity (Wildman–Crippen MR) is 100 cm³/mol. The highest BCUT2D eigenvalue weighted by Gasteiger charge is 2.13. The van der Waals surface area contributed by atoms with Gasteiger partial charge in [0.25, 0.3) is 11.8 Å². The Bertz CT molecular complexity index is 834. The van der Waals surface area contributed by atoms with Gasteiger partial charge in [0.15, 0.2) is 6.61 Å². The van der Waals surface area contributed by atoms with Crippen LogP contribution < -0.4 is 10.6 Å². The number of imide groups is 1. The second-order valence-corrected chi connectivity index (χ2v) is 5.56. The molecule has 0 bridgehead atoms. The Morgan fingerprint density at radius 3 is 2.14 bits per heavy atom. The molecule has 2 N–H and O–H groups in total. The lowest BCUT2D eigenvalue weighted by atomic mass is 10.0. The first kappa shape index (κ1) is 20.6. The monoisotopic (exact) mass is 384 g/mol. The van der Waals surface area contributed by atoms with Crippen LogP contribution >= 0.6 is 0 Å². The summed E-state index contributed by atoms with van der Waals surface area (Å²) in [6.07, 6.45) is -0.921. The van der Waals surface area contributed by atoms with Gasteiger partial charge in [-0.25, -0.2) is 4.79 Å². The zero-order chi connectivity index (χ0) is 20.4. The summed E-state index contributed by atoms with van der Waals surface area (Å²) in [5, 5.41) is 4.29. The first-order valence-corrected chi connectivity index (χ1v) is 8.55. The van der Waals surface area contributed by atoms with E-state index in [2.05, 4.69) is 14.8 Å². The van der Waals surface area contributed by atoms with Gasteiger partial charge in [-0.2, -0.15) is 0 Å². The Balaban J connectivity index is 1.76. The number of hydrogen-bond acceptors (Lipinski definition) is 6. The number of benzene rings is 2. The van der Waals surface area contributed by atoms with Gasteiger partial charge in [-0.05, 0) is 30.2 Å². The van der Waals surface area contributed by atoms with Crippen molar-refractivity contribution < 1.29 is 28.7 Å². The molecule has 146 valence electrons. The molecule has 2 rings (SSSR count). The molecule has 2 aromatic rings. The van der Waals surface area contributed by atoms with E-state index < -0.39 is 37.0 Å². The normalized spacial score (nSPS) is 9.89. The highest BCUT2D eigenvalue weighted by molar-refractivity contribution is 5.97. The van der Waals surface area contributed by atoms with Gasteiger partial charge in [0.1, 0.15) is 6.54 Å². The zero-order valence-electron chi connectivity index (χ0n) is 15.3. The molecule has 0 spiro atoms. The minimum atomic E-state index is -0.921. The maximum atomic E-state index is 12.1. The van der Waals surface area contributed by atoms with E-state index in [1.807, 2.05) is 47.8 Å². The summed E-state index contributed by atoms with van der Waals surface area (Å²) in [4.78, 5) is 46.1. The van der Waals surface area contributed by atoms with Crippen molar-refractivity contribution in [2.45, 2.75) is 6.92 Å². The van der Waals surface area contributed by atoms with Crippen molar-refractivity contribution in [3.63, 3.8) is 0 Å². The molecule has 2 aromatic carbocycles. The van der Waals surface area contributed by atoms with Crippen molar-refractivity contribution in [2.24, 2.45) is 0 Å². The molecule has 8 heteroatoms. The predicted octanol–water partition coefficient (Wildman–Crippen LogP) is 1.90. The summed E-state index contributed by atoms with van der Waals surface area (Å²) in [6.45, 7) is 0.629. The van der Waals surface area contributed by atoms with Gasteiger partial charge in [0, 0.05) is 5.56 Å². The number of alkyl carbamates (subject to hydrolysis) is 1. The molecule has 0 saturated carbocycles. The van der Waals surface area contributed by atoms with Crippen LogP contribution in [0.15, 0.2) is 54.6 Å². The van der Waals surface area contributed by atoms with Gasteiger partial charge in [0.2, 0.25) is 0 Å². The average molecular weight is 384 g/mol. The molecule has 0 saturated heterocycles. The molecule has 0 fully saturated rings. The minimum Gasteiger partial charge on any atom is -0.454 e. The molecule has 28 heavy (non-hydrogen) atoms. The summed E-state index contributed by atoms with van der Waals surface area (Å²) in [7, 11) is 0. The number of carbonyl (C=O) groups is 4. The van der Waals surface area contributed by atoms with Gasteiger partial charge < -0.3 is 14.8 Å². The SMILES string of the molecule is CCOC(=O)NC(=O)COC(=O)CNC(=O)c1ccc(-c2ccccc2)cc1. The first-order valence-electron chi connectivity index (χ1n) is 8.55. The van der Waals surface area contributed by atoms with E-state index in [1.165, 1.54) is 0 Å². The molecule has 0 aliphatic heterocycles. The maximum Gasteiger partial charge on any atom is 0.413 e. The third-order valence-electron chi connectivity index (χ3n) is 3.53. The lowest BCUT2D eigenvalue weighted by molar-refractivity contribution is -0.147. The third-order valence-corrected chi connectivity index (χ3v) is 3.53. The molecule has 0 atom stereocenters. The second-order valence-electron chi connectivity index (χ2n) is 5.56. The van der Waals surface area contributed by atoms with E-state index >= 15 is 0 Å². The van der Waals surface area contributed by atoms with Gasteiger partial charge in [-0.3, -0.25) is 19.7 Å². The topological polar surface area (TPSA) is 111 Å². The zero-order valence-corrected chi connectivity index (χ0v) is 15.3. The fourth-order valence-electron chi connectivity index (χ4n) is 2.21. The fraction of sp³-hybridized carbons (Fsp3) is 0.200. The molecule has 0 heterocycles. The number of amides is 3. The van der Waals surface area contributed by atoms with Crippen molar-refractivity contribution in [3.8, 4) is 11.1 Å². The summed E-state index contributed by atoms with van der Waals surface area (Å²) in [5.74, 6) is -2.09. The van der Waals surface area contributed by atoms with E-state index in [4.69, 9.17) is 0 Å². The smallest absolute Gasteiger partial charge is 0.413 e. The minimum absolute atomic E-state index is 0.108. The Morgan fingerprint density at radius 1 is 0.857 bits per heavy atom. The Labute approximate surface area is 161 Å². The van der Waals surface area contributed by atoms with E-state index in [-0.39, 0.29) is 6.61 Å². The van der Waals surface area contributed by atoms with Crippen LogP contribution in [0.1, 0.15) is 17.3 Å². The quantitative estimate of drug-likeness (QED) is 0.706. The Hall–Kier alpha value is -3.68. The van der Waals surface area contributed by atoms with Gasteiger partial charge in [0.05, 0.1) is 6.61 Å². The second kappa shape index (κ2) is 10.5. The highest BCUT2D eigenvalue weighted by Crippen LogP contribution is 2.19. The number of esters is 1. The molecule has 0 aromatic heterocycles. The largest absolute Gasteiger partial charge is 0.454 e. The van der Waals surface area contributed by atoms with Crippen LogP contribution in [-0.2, 0) is 19.1 Å². The molecular formula is C20H20N2O6. The summed E-state index contributed by atoms with van der Waals surface area (Å²) in [6, 6.07) is 16.6. The lowest BCUT2D eigenvalue weighted by Crippen LogP contribution is -2.36. The Kier molecular flexibility index (Phi) is 7.71. The van der Waals surface area contributed by atoms with Gasteiger partial charge in [-0.15, -0.1) is 0 Å². The fourth-order valence-corrected chi connectivity index (χ4v) is 2.21. The van der Waals surface area contributed by atoms with Gasteiger partial charge >= 0.3 is 12.1 Å². The van der Waals surface area contributed by atoms with E-state index in [0.29, 0.717) is 5.56 Å². The van der Waals surface area contributed by atoms with E-state index in [0.717, 1.165) is 11.1 Å². The lowest BCUT2D eigenvalue weighted by Gasteiger charge is -2.08. The standard InChI is InChI=1S/C20H20N2O6/c1-2-27-20(26)22-17(23)13-28-18(24)12-21-19(25)16-10-8-15(9-11-16)14-6-4-3-5-7-14/h3-11H,2,12-13H2,1H3,(H,21,25)(H,22,23,26). The number of nitrogens with one attached hydrogen (secondary N) is 2. The average Bonchev–Trinajstić information content (AvgIpc) is 2.71. The molecule has 0 unspecified atom stereocenters. The van der Waals surface area contributed by atoms with Crippen LogP contribution in [0, 0.1) is 0 Å². The summed E-state index contributed by atoms with van der Waals surface area (Å²) in [5.41, 5.74) is 2.37. The molecule has 0 aliphatic rings. The van der Waals surface area contributed by atoms with Crippen LogP contribution in [0.3, 0.4) is 0 Å². The molecule has 0 radical (unpaired) electrons. The Morgan fingerprint density at radius 2 is 1.50 bits per heavy atom.